The van der Waals surface area contributed by atoms with E-state index < -0.39 is 5.97 Å². The summed E-state index contributed by atoms with van der Waals surface area (Å²) in [5.41, 5.74) is 10.7. The lowest BCUT2D eigenvalue weighted by atomic mass is 10.0. The summed E-state index contributed by atoms with van der Waals surface area (Å²) in [4.78, 5) is 45.2. The number of rotatable bonds is 15. The average Bonchev–Trinajstić information content (AvgIpc) is 3.84. The molecule has 0 saturated heterocycles. The van der Waals surface area contributed by atoms with Crippen LogP contribution in [0.3, 0.4) is 0 Å². The van der Waals surface area contributed by atoms with Gasteiger partial charge >= 0.3 is 5.97 Å². The zero-order valence-electron chi connectivity index (χ0n) is 32.9. The molecule has 0 aliphatic heterocycles. The van der Waals surface area contributed by atoms with Crippen molar-refractivity contribution >= 4 is 75.6 Å². The predicted octanol–water partition coefficient (Wildman–Crippen LogP) is 9.17. The molecule has 0 radical (unpaired) electrons. The van der Waals surface area contributed by atoms with E-state index in [0.29, 0.717) is 25.1 Å². The number of aliphatic imine (C=N–C) groups is 2. The number of aromatic carboxylic acids is 1. The van der Waals surface area contributed by atoms with E-state index in [0.717, 1.165) is 63.2 Å². The van der Waals surface area contributed by atoms with Gasteiger partial charge in [-0.2, -0.15) is 0 Å². The van der Waals surface area contributed by atoms with Crippen LogP contribution in [0.4, 0.5) is 11.4 Å². The summed E-state index contributed by atoms with van der Waals surface area (Å²) in [5.74, 6) is -1.10. The molecule has 10 nitrogen and oxygen atoms in total. The first-order chi connectivity index (χ1) is 25.9. The normalized spacial score (nSPS) is 10.9. The lowest BCUT2D eigenvalue weighted by Crippen LogP contribution is -2.26. The van der Waals surface area contributed by atoms with Crippen molar-refractivity contribution in [2.24, 2.45) is 9.98 Å². The number of aryl methyl sites for hydroxylation is 4. The van der Waals surface area contributed by atoms with Crippen molar-refractivity contribution in [2.45, 2.75) is 60.8 Å². The summed E-state index contributed by atoms with van der Waals surface area (Å²) in [5, 5.41) is 17.1. The molecule has 0 aliphatic rings. The maximum Gasteiger partial charge on any atom is 0.355 e. The van der Waals surface area contributed by atoms with Gasteiger partial charge in [0, 0.05) is 57.3 Å². The van der Waals surface area contributed by atoms with Crippen LogP contribution in [0.2, 0.25) is 0 Å². The van der Waals surface area contributed by atoms with Crippen LogP contribution in [0.25, 0.3) is 0 Å². The monoisotopic (exact) mass is 845 g/mol. The second kappa shape index (κ2) is 22.0. The molecule has 13 heteroatoms. The molecule has 0 atom stereocenters. The molecule has 1 amide bonds. The highest BCUT2D eigenvalue weighted by molar-refractivity contribution is 8.93. The van der Waals surface area contributed by atoms with Gasteiger partial charge in [-0.3, -0.25) is 4.79 Å². The molecule has 0 aliphatic carbocycles. The number of nitrogens with one attached hydrogen (secondary N) is 1. The van der Waals surface area contributed by atoms with E-state index in [4.69, 9.17) is 5.11 Å². The number of amides is 1. The number of benzene rings is 3. The number of carboxylic acids is 1. The van der Waals surface area contributed by atoms with Gasteiger partial charge in [-0.1, -0.05) is 42.5 Å². The highest BCUT2D eigenvalue weighted by Crippen LogP contribution is 2.27. The third-order valence-electron chi connectivity index (χ3n) is 8.88. The molecule has 0 unspecified atom stereocenters. The van der Waals surface area contributed by atoms with E-state index in [-0.39, 0.29) is 28.6 Å². The first-order valence-electron chi connectivity index (χ1n) is 18.0. The maximum atomic E-state index is 12.4. The number of carboxylic acid groups (broad SMARTS) is 1. The highest BCUT2D eigenvalue weighted by Gasteiger charge is 2.14. The predicted molar refractivity (Wildman–Crippen MR) is 234 cm³/mol. The largest absolute Gasteiger partial charge is 0.476 e. The van der Waals surface area contributed by atoms with Crippen molar-refractivity contribution in [3.05, 3.63) is 126 Å². The minimum Gasteiger partial charge on any atom is -0.476 e. The molecule has 55 heavy (non-hydrogen) atoms. The SMILES string of the molecule is Br.CCN(C)C=Nc1cc(C)c(Cc2nc(C(=O)NCCc3ccccc3)cs2)cc1C.CCN(C)C=Nc1cc(C)c(Cc2nc(C(=O)O)cs2)cc1C. The van der Waals surface area contributed by atoms with E-state index >= 15 is 0 Å². The summed E-state index contributed by atoms with van der Waals surface area (Å²) < 4.78 is 0. The van der Waals surface area contributed by atoms with E-state index in [2.05, 4.69) is 89.4 Å². The lowest BCUT2D eigenvalue weighted by Gasteiger charge is -2.11. The summed E-state index contributed by atoms with van der Waals surface area (Å²) >= 11 is 2.91. The number of nitrogens with zero attached hydrogens (tertiary/aromatic N) is 6. The molecule has 0 bridgehead atoms. The minimum absolute atomic E-state index is 0. The van der Waals surface area contributed by atoms with Crippen molar-refractivity contribution in [3.63, 3.8) is 0 Å². The second-order valence-corrected chi connectivity index (χ2v) is 15.1. The fourth-order valence-corrected chi connectivity index (χ4v) is 6.82. The molecule has 0 saturated carbocycles. The fraction of sp³-hybridized carbons (Fsp3) is 0.333. The average molecular weight is 847 g/mol. The Hall–Kier alpha value is -4.72. The van der Waals surface area contributed by atoms with Crippen LogP contribution >= 0.6 is 39.7 Å². The molecule has 0 spiro atoms. The molecule has 292 valence electrons. The Bertz CT molecular complexity index is 2080. The van der Waals surface area contributed by atoms with Gasteiger partial charge in [0.05, 0.1) is 34.1 Å². The zero-order valence-corrected chi connectivity index (χ0v) is 36.3. The molecule has 5 rings (SSSR count). The van der Waals surface area contributed by atoms with Crippen molar-refractivity contribution < 1.29 is 14.7 Å². The van der Waals surface area contributed by atoms with Crippen LogP contribution in [-0.2, 0) is 19.3 Å². The van der Waals surface area contributed by atoms with Gasteiger partial charge in [0.25, 0.3) is 5.91 Å². The molecule has 3 aromatic carbocycles. The van der Waals surface area contributed by atoms with Crippen molar-refractivity contribution in [1.29, 1.82) is 0 Å². The van der Waals surface area contributed by atoms with E-state index in [1.807, 2.05) is 74.0 Å². The number of hydrogen-bond acceptors (Lipinski definition) is 8. The highest BCUT2D eigenvalue weighted by atomic mass is 79.9. The number of carbonyl (C=O) groups is 2. The molecule has 5 aromatic rings. The molecular formula is C42H52BrN7O3S2. The van der Waals surface area contributed by atoms with Crippen molar-refractivity contribution in [1.82, 2.24) is 25.1 Å². The number of halogens is 1. The number of hydrogen-bond donors (Lipinski definition) is 2. The second-order valence-electron chi connectivity index (χ2n) is 13.2. The van der Waals surface area contributed by atoms with E-state index in [1.165, 1.54) is 39.4 Å². The van der Waals surface area contributed by atoms with E-state index in [1.54, 1.807) is 5.38 Å². The van der Waals surface area contributed by atoms with Gasteiger partial charge < -0.3 is 20.2 Å². The smallest absolute Gasteiger partial charge is 0.355 e. The summed E-state index contributed by atoms with van der Waals surface area (Å²) in [7, 11) is 4.00. The Balaban J connectivity index is 0.000000303. The Morgan fingerprint density at radius 1 is 0.745 bits per heavy atom. The summed E-state index contributed by atoms with van der Waals surface area (Å²) in [6.07, 6.45) is 5.87. The van der Waals surface area contributed by atoms with Crippen LogP contribution < -0.4 is 5.32 Å². The van der Waals surface area contributed by atoms with E-state index in [9.17, 15) is 9.59 Å². The third-order valence-corrected chi connectivity index (χ3v) is 10.6. The van der Waals surface area contributed by atoms with Crippen molar-refractivity contribution in [3.8, 4) is 0 Å². The first-order valence-corrected chi connectivity index (χ1v) is 19.8. The Labute approximate surface area is 343 Å². The molecule has 0 fully saturated rings. The molecule has 2 heterocycles. The number of carbonyl (C=O) groups excluding carboxylic acids is 1. The molecule has 2 aromatic heterocycles. The van der Waals surface area contributed by atoms with Crippen LogP contribution in [0.15, 0.2) is 75.3 Å². The first kappa shape index (κ1) is 44.7. The molecular weight excluding hydrogens is 795 g/mol. The van der Waals surface area contributed by atoms with Gasteiger partial charge in [0.1, 0.15) is 5.69 Å². The van der Waals surface area contributed by atoms with Gasteiger partial charge in [0.15, 0.2) is 5.69 Å². The Kier molecular flexibility index (Phi) is 17.9. The summed E-state index contributed by atoms with van der Waals surface area (Å²) in [6.45, 7) is 14.9. The van der Waals surface area contributed by atoms with Gasteiger partial charge in [0.2, 0.25) is 0 Å². The zero-order chi connectivity index (χ0) is 39.2. The quantitative estimate of drug-likeness (QED) is 0.0796. The van der Waals surface area contributed by atoms with Crippen LogP contribution in [0.5, 0.6) is 0 Å². The third kappa shape index (κ3) is 13.8. The van der Waals surface area contributed by atoms with Gasteiger partial charge in [-0.05, 0) is 99.0 Å². The fourth-order valence-electron chi connectivity index (χ4n) is 5.23. The number of aromatic nitrogens is 2. The summed E-state index contributed by atoms with van der Waals surface area (Å²) in [6, 6.07) is 18.6. The van der Waals surface area contributed by atoms with Gasteiger partial charge in [-0.15, -0.1) is 39.7 Å². The Morgan fingerprint density at radius 2 is 1.22 bits per heavy atom. The minimum atomic E-state index is -0.981. The van der Waals surface area contributed by atoms with Crippen LogP contribution in [-0.4, -0.2) is 83.2 Å². The Morgan fingerprint density at radius 3 is 1.67 bits per heavy atom. The standard InChI is InChI=1S/C25H30N4OS.C17H21N3O2S.BrH/c1-5-29(4)17-27-22-14-18(2)21(13-19(22)3)15-24-28-23(16-31-24)25(30)26-12-11-20-9-7-6-8-10-20;1-5-20(4)10-18-14-7-11(2)13(6-12(14)3)8-16-19-15(9-23-16)17(21)22;/h6-10,13-14,16-17H,5,11-12,15H2,1-4H3,(H,26,30);6-7,9-10H,5,8H2,1-4H3,(H,21,22);1H. The maximum absolute atomic E-state index is 12.4. The van der Waals surface area contributed by atoms with Crippen LogP contribution in [0, 0.1) is 27.7 Å². The van der Waals surface area contributed by atoms with Crippen LogP contribution in [0.1, 0.15) is 83.8 Å². The topological polar surface area (TPSA) is 123 Å². The number of thiazole rings is 2. The molecule has 2 N–H and O–H groups in total. The lowest BCUT2D eigenvalue weighted by molar-refractivity contribution is 0.0690. The van der Waals surface area contributed by atoms with Gasteiger partial charge in [-0.25, -0.2) is 24.7 Å². The van der Waals surface area contributed by atoms with Crippen molar-refractivity contribution in [2.75, 3.05) is 33.7 Å².